The number of thiazole rings is 1. The van der Waals surface area contributed by atoms with Gasteiger partial charge in [0.15, 0.2) is 5.96 Å². The van der Waals surface area contributed by atoms with E-state index < -0.39 is 0 Å². The Morgan fingerprint density at radius 3 is 2.82 bits per heavy atom. The van der Waals surface area contributed by atoms with Crippen LogP contribution in [0, 0.1) is 0 Å². The predicted molar refractivity (Wildman–Crippen MR) is 103 cm³/mol. The predicted octanol–water partition coefficient (Wildman–Crippen LogP) is 2.87. The number of guanidine groups is 1. The summed E-state index contributed by atoms with van der Waals surface area (Å²) in [5, 5.41) is 6.05. The van der Waals surface area contributed by atoms with Crippen LogP contribution in [-0.4, -0.2) is 30.7 Å². The molecule has 1 atom stereocenters. The molecule has 2 aromatic rings. The molecule has 1 aromatic carbocycles. The maximum atomic E-state index is 5.83. The van der Waals surface area contributed by atoms with Crippen molar-refractivity contribution >= 4 is 41.3 Å². The van der Waals surface area contributed by atoms with Gasteiger partial charge in [0.2, 0.25) is 0 Å². The van der Waals surface area contributed by atoms with Crippen LogP contribution in [0.2, 0.25) is 0 Å². The first-order valence-corrected chi connectivity index (χ1v) is 7.62. The summed E-state index contributed by atoms with van der Waals surface area (Å²) in [5.74, 6) is 0.413. The summed E-state index contributed by atoms with van der Waals surface area (Å²) in [6.07, 6.45) is 0. The summed E-state index contributed by atoms with van der Waals surface area (Å²) < 4.78 is 5.04. The molecule has 0 aliphatic rings. The lowest BCUT2D eigenvalue weighted by molar-refractivity contribution is 0.179. The normalized spacial score (nSPS) is 12.5. The molecule has 0 amide bonds. The molecule has 1 unspecified atom stereocenters. The van der Waals surface area contributed by atoms with Gasteiger partial charge in [0, 0.05) is 24.1 Å². The molecule has 0 saturated heterocycles. The van der Waals surface area contributed by atoms with E-state index in [2.05, 4.69) is 15.3 Å². The van der Waals surface area contributed by atoms with Crippen molar-refractivity contribution in [1.29, 1.82) is 0 Å². The third-order valence-corrected chi connectivity index (χ3v) is 3.65. The molecule has 3 N–H and O–H groups in total. The van der Waals surface area contributed by atoms with Crippen molar-refractivity contribution in [3.05, 3.63) is 40.7 Å². The molecule has 0 aliphatic carbocycles. The number of rotatable bonds is 6. The molecule has 7 heteroatoms. The zero-order chi connectivity index (χ0) is 15.1. The van der Waals surface area contributed by atoms with Gasteiger partial charge in [-0.05, 0) is 6.92 Å². The number of nitrogens with one attached hydrogen (secondary N) is 1. The quantitative estimate of drug-likeness (QED) is 0.419. The van der Waals surface area contributed by atoms with Crippen LogP contribution >= 0.6 is 35.3 Å². The van der Waals surface area contributed by atoms with E-state index in [9.17, 15) is 0 Å². The first kappa shape index (κ1) is 18.9. The van der Waals surface area contributed by atoms with Crippen molar-refractivity contribution in [3.63, 3.8) is 0 Å². The van der Waals surface area contributed by atoms with Crippen LogP contribution in [0.5, 0.6) is 0 Å². The fraction of sp³-hybridized carbons (Fsp3) is 0.333. The van der Waals surface area contributed by atoms with E-state index in [1.165, 1.54) is 0 Å². The fourth-order valence-corrected chi connectivity index (χ4v) is 2.59. The van der Waals surface area contributed by atoms with E-state index in [0.717, 1.165) is 16.3 Å². The lowest BCUT2D eigenvalue weighted by Crippen LogP contribution is -2.40. The molecule has 0 spiro atoms. The summed E-state index contributed by atoms with van der Waals surface area (Å²) in [4.78, 5) is 8.87. The number of hydrogen-bond donors (Lipinski definition) is 2. The van der Waals surface area contributed by atoms with Gasteiger partial charge >= 0.3 is 0 Å². The second-order valence-corrected chi connectivity index (χ2v) is 5.64. The molecule has 0 fully saturated rings. The van der Waals surface area contributed by atoms with Gasteiger partial charge in [0.1, 0.15) is 5.01 Å². The second kappa shape index (κ2) is 9.75. The van der Waals surface area contributed by atoms with Crippen LogP contribution in [0.15, 0.2) is 40.7 Å². The van der Waals surface area contributed by atoms with Crippen molar-refractivity contribution in [3.8, 4) is 11.3 Å². The molecule has 1 aromatic heterocycles. The molecule has 0 aliphatic heterocycles. The molecular weight excluding hydrogens is 411 g/mol. The molecule has 0 bridgehead atoms. The topological polar surface area (TPSA) is 72.5 Å². The monoisotopic (exact) mass is 432 g/mol. The first-order valence-electron chi connectivity index (χ1n) is 6.74. The highest BCUT2D eigenvalue weighted by molar-refractivity contribution is 14.0. The number of hydrogen-bond acceptors (Lipinski definition) is 4. The van der Waals surface area contributed by atoms with Gasteiger partial charge in [0.05, 0.1) is 18.8 Å². The zero-order valence-corrected chi connectivity index (χ0v) is 15.8. The highest BCUT2D eigenvalue weighted by atomic mass is 127. The molecule has 22 heavy (non-hydrogen) atoms. The van der Waals surface area contributed by atoms with Crippen LogP contribution in [0.4, 0.5) is 0 Å². The van der Waals surface area contributed by atoms with Gasteiger partial charge in [-0.3, -0.25) is 0 Å². The summed E-state index contributed by atoms with van der Waals surface area (Å²) in [5.41, 5.74) is 7.92. The van der Waals surface area contributed by atoms with Crippen LogP contribution in [-0.2, 0) is 11.3 Å². The maximum Gasteiger partial charge on any atom is 0.189 e. The van der Waals surface area contributed by atoms with E-state index >= 15 is 0 Å². The largest absolute Gasteiger partial charge is 0.383 e. The minimum atomic E-state index is 0. The Bertz CT molecular complexity index is 588. The molecule has 5 nitrogen and oxygen atoms in total. The van der Waals surface area contributed by atoms with E-state index in [-0.39, 0.29) is 30.0 Å². The van der Waals surface area contributed by atoms with Crippen molar-refractivity contribution in [2.24, 2.45) is 10.7 Å². The number of nitrogens with zero attached hydrogens (tertiary/aromatic N) is 2. The molecule has 2 rings (SSSR count). The number of benzene rings is 1. The number of aromatic nitrogens is 1. The number of nitrogens with two attached hydrogens (primary N) is 1. The minimum absolute atomic E-state index is 0. The molecular formula is C15H21IN4OS. The number of halogens is 1. The number of aliphatic imine (C=N–C) groups is 1. The maximum absolute atomic E-state index is 5.83. The highest BCUT2D eigenvalue weighted by Gasteiger charge is 2.05. The van der Waals surface area contributed by atoms with Gasteiger partial charge in [-0.25, -0.2) is 9.98 Å². The van der Waals surface area contributed by atoms with Gasteiger partial charge in [-0.15, -0.1) is 35.3 Å². The van der Waals surface area contributed by atoms with Crippen molar-refractivity contribution in [2.75, 3.05) is 13.7 Å². The van der Waals surface area contributed by atoms with E-state index in [0.29, 0.717) is 19.1 Å². The van der Waals surface area contributed by atoms with E-state index in [4.69, 9.17) is 10.5 Å². The number of ether oxygens (including phenoxy) is 1. The summed E-state index contributed by atoms with van der Waals surface area (Å²) in [6, 6.07) is 10.2. The third kappa shape index (κ3) is 5.90. The first-order chi connectivity index (χ1) is 10.2. The SMILES string of the molecule is COCC(C)NC(N)=NCc1nc(-c2ccccc2)cs1.I. The van der Waals surface area contributed by atoms with Crippen molar-refractivity contribution in [1.82, 2.24) is 10.3 Å². The van der Waals surface area contributed by atoms with Crippen LogP contribution in [0.1, 0.15) is 11.9 Å². The summed E-state index contributed by atoms with van der Waals surface area (Å²) in [7, 11) is 1.66. The van der Waals surface area contributed by atoms with Crippen LogP contribution in [0.3, 0.4) is 0 Å². The Balaban J connectivity index is 0.00000242. The zero-order valence-electron chi connectivity index (χ0n) is 12.7. The Hall–Kier alpha value is -1.19. The summed E-state index contributed by atoms with van der Waals surface area (Å²) >= 11 is 1.59. The van der Waals surface area contributed by atoms with Crippen LogP contribution < -0.4 is 11.1 Å². The van der Waals surface area contributed by atoms with Gasteiger partial charge < -0.3 is 15.8 Å². The molecule has 120 valence electrons. The minimum Gasteiger partial charge on any atom is -0.383 e. The Kier molecular flexibility index (Phi) is 8.36. The van der Waals surface area contributed by atoms with E-state index in [1.54, 1.807) is 18.4 Å². The lowest BCUT2D eigenvalue weighted by Gasteiger charge is -2.12. The average Bonchev–Trinajstić information content (AvgIpc) is 2.95. The lowest BCUT2D eigenvalue weighted by atomic mass is 10.2. The third-order valence-electron chi connectivity index (χ3n) is 2.82. The standard InChI is InChI=1S/C15H20N4OS.HI/c1-11(9-20-2)18-15(16)17-8-14-19-13(10-21-14)12-6-4-3-5-7-12;/h3-7,10-11H,8-9H2,1-2H3,(H3,16,17,18);1H. The smallest absolute Gasteiger partial charge is 0.189 e. The van der Waals surface area contributed by atoms with Gasteiger partial charge in [0.25, 0.3) is 0 Å². The molecule has 1 heterocycles. The fourth-order valence-electron chi connectivity index (χ4n) is 1.87. The van der Waals surface area contributed by atoms with Crippen LogP contribution in [0.25, 0.3) is 11.3 Å². The van der Waals surface area contributed by atoms with Gasteiger partial charge in [-0.1, -0.05) is 30.3 Å². The second-order valence-electron chi connectivity index (χ2n) is 4.69. The molecule has 0 saturated carbocycles. The Morgan fingerprint density at radius 2 is 2.14 bits per heavy atom. The number of methoxy groups -OCH3 is 1. The highest BCUT2D eigenvalue weighted by Crippen LogP contribution is 2.21. The Labute approximate surface area is 152 Å². The van der Waals surface area contributed by atoms with Crippen molar-refractivity contribution in [2.45, 2.75) is 19.5 Å². The average molecular weight is 432 g/mol. The Morgan fingerprint density at radius 1 is 1.41 bits per heavy atom. The molecule has 0 radical (unpaired) electrons. The van der Waals surface area contributed by atoms with E-state index in [1.807, 2.05) is 42.6 Å². The summed E-state index contributed by atoms with van der Waals surface area (Å²) in [6.45, 7) is 3.06. The van der Waals surface area contributed by atoms with Gasteiger partial charge in [-0.2, -0.15) is 0 Å². The van der Waals surface area contributed by atoms with Crippen molar-refractivity contribution < 1.29 is 4.74 Å².